The Labute approximate surface area is 159 Å². The standard InChI is InChI=1S/C20H27N3O2S/c1-2-23(16-19-8-5-13-26-19)20(24)21-14-17-6-3-4-7-18(17)15-22-9-11-25-12-10-22/h3-8,13H,2,9-12,14-16H2,1H3,(H,21,24). The number of hydrogen-bond donors (Lipinski definition) is 1. The third-order valence-electron chi connectivity index (χ3n) is 4.64. The number of thiophene rings is 1. The van der Waals surface area contributed by atoms with Crippen molar-refractivity contribution in [3.05, 3.63) is 57.8 Å². The van der Waals surface area contributed by atoms with Gasteiger partial charge in [0, 0.05) is 37.6 Å². The first-order valence-electron chi connectivity index (χ1n) is 9.18. The molecule has 2 heterocycles. The van der Waals surface area contributed by atoms with Crippen molar-refractivity contribution >= 4 is 17.4 Å². The van der Waals surface area contributed by atoms with E-state index in [0.717, 1.165) is 32.8 Å². The Morgan fingerprint density at radius 1 is 1.19 bits per heavy atom. The van der Waals surface area contributed by atoms with Crippen LogP contribution in [0.4, 0.5) is 4.79 Å². The van der Waals surface area contributed by atoms with Gasteiger partial charge in [0.05, 0.1) is 19.8 Å². The van der Waals surface area contributed by atoms with Gasteiger partial charge in [-0.3, -0.25) is 4.90 Å². The van der Waals surface area contributed by atoms with Crippen molar-refractivity contribution < 1.29 is 9.53 Å². The lowest BCUT2D eigenvalue weighted by molar-refractivity contribution is 0.0341. The van der Waals surface area contributed by atoms with E-state index in [2.05, 4.69) is 34.5 Å². The summed E-state index contributed by atoms with van der Waals surface area (Å²) in [6.45, 7) is 8.35. The molecule has 0 saturated carbocycles. The van der Waals surface area contributed by atoms with Crippen molar-refractivity contribution in [2.45, 2.75) is 26.6 Å². The second-order valence-corrected chi connectivity index (χ2v) is 7.44. The average Bonchev–Trinajstić information content (AvgIpc) is 3.19. The molecule has 3 rings (SSSR count). The number of nitrogens with zero attached hydrogens (tertiary/aromatic N) is 2. The van der Waals surface area contributed by atoms with Crippen molar-refractivity contribution in [2.24, 2.45) is 0 Å². The van der Waals surface area contributed by atoms with Crippen LogP contribution < -0.4 is 5.32 Å². The maximum absolute atomic E-state index is 12.6. The Bertz CT molecular complexity index is 684. The highest BCUT2D eigenvalue weighted by atomic mass is 32.1. The van der Waals surface area contributed by atoms with Crippen molar-refractivity contribution in [1.29, 1.82) is 0 Å². The Balaban J connectivity index is 1.57. The number of carbonyl (C=O) groups is 1. The minimum Gasteiger partial charge on any atom is -0.379 e. The monoisotopic (exact) mass is 373 g/mol. The summed E-state index contributed by atoms with van der Waals surface area (Å²) in [6.07, 6.45) is 0. The first-order valence-corrected chi connectivity index (χ1v) is 10.1. The first-order chi connectivity index (χ1) is 12.8. The van der Waals surface area contributed by atoms with Gasteiger partial charge in [-0.1, -0.05) is 30.3 Å². The minimum atomic E-state index is -0.0120. The fourth-order valence-electron chi connectivity index (χ4n) is 3.08. The number of benzene rings is 1. The maximum atomic E-state index is 12.6. The molecule has 0 bridgehead atoms. The zero-order valence-corrected chi connectivity index (χ0v) is 16.1. The number of carbonyl (C=O) groups excluding carboxylic acids is 1. The van der Waals surface area contributed by atoms with Crippen molar-refractivity contribution in [3.63, 3.8) is 0 Å². The van der Waals surface area contributed by atoms with E-state index in [1.54, 1.807) is 11.3 Å². The van der Waals surface area contributed by atoms with Crippen molar-refractivity contribution in [3.8, 4) is 0 Å². The topological polar surface area (TPSA) is 44.8 Å². The lowest BCUT2D eigenvalue weighted by Crippen LogP contribution is -2.39. The van der Waals surface area contributed by atoms with E-state index in [1.165, 1.54) is 16.0 Å². The number of amides is 2. The fraction of sp³-hybridized carbons (Fsp3) is 0.450. The molecule has 2 aromatic rings. The minimum absolute atomic E-state index is 0.0120. The van der Waals surface area contributed by atoms with Gasteiger partial charge in [-0.15, -0.1) is 11.3 Å². The number of urea groups is 1. The van der Waals surface area contributed by atoms with Crippen LogP contribution in [0.3, 0.4) is 0 Å². The lowest BCUT2D eigenvalue weighted by atomic mass is 10.1. The maximum Gasteiger partial charge on any atom is 0.317 e. The summed E-state index contributed by atoms with van der Waals surface area (Å²) in [5.74, 6) is 0. The number of morpholine rings is 1. The van der Waals surface area contributed by atoms with Crippen molar-refractivity contribution in [1.82, 2.24) is 15.1 Å². The number of rotatable bonds is 7. The highest BCUT2D eigenvalue weighted by Gasteiger charge is 2.15. The van der Waals surface area contributed by atoms with Crippen LogP contribution in [-0.4, -0.2) is 48.7 Å². The second kappa shape index (κ2) is 9.71. The summed E-state index contributed by atoms with van der Waals surface area (Å²) in [5, 5.41) is 5.13. The van der Waals surface area contributed by atoms with Gasteiger partial charge < -0.3 is 15.0 Å². The molecule has 1 N–H and O–H groups in total. The molecule has 6 heteroatoms. The number of ether oxygens (including phenoxy) is 1. The lowest BCUT2D eigenvalue weighted by Gasteiger charge is -2.27. The van der Waals surface area contributed by atoms with E-state index >= 15 is 0 Å². The van der Waals surface area contributed by atoms with Gasteiger partial charge in [0.1, 0.15) is 0 Å². The molecule has 0 atom stereocenters. The Morgan fingerprint density at radius 3 is 2.65 bits per heavy atom. The van der Waals surface area contributed by atoms with Crippen LogP contribution in [0, 0.1) is 0 Å². The summed E-state index contributed by atoms with van der Waals surface area (Å²) >= 11 is 1.68. The number of hydrogen-bond acceptors (Lipinski definition) is 4. The molecule has 26 heavy (non-hydrogen) atoms. The van der Waals surface area contributed by atoms with Gasteiger partial charge in [0.2, 0.25) is 0 Å². The molecular weight excluding hydrogens is 346 g/mol. The van der Waals surface area contributed by atoms with Gasteiger partial charge in [0.15, 0.2) is 0 Å². The van der Waals surface area contributed by atoms with E-state index in [0.29, 0.717) is 19.6 Å². The largest absolute Gasteiger partial charge is 0.379 e. The molecule has 0 aliphatic carbocycles. The predicted octanol–water partition coefficient (Wildman–Crippen LogP) is 3.31. The Kier molecular flexibility index (Phi) is 7.05. The summed E-state index contributed by atoms with van der Waals surface area (Å²) in [5.41, 5.74) is 2.45. The third-order valence-corrected chi connectivity index (χ3v) is 5.50. The Hall–Kier alpha value is -1.89. The predicted molar refractivity (Wildman–Crippen MR) is 105 cm³/mol. The van der Waals surface area contributed by atoms with Crippen LogP contribution in [0.25, 0.3) is 0 Å². The SMILES string of the molecule is CCN(Cc1cccs1)C(=O)NCc1ccccc1CN1CCOCC1. The summed E-state index contributed by atoms with van der Waals surface area (Å²) in [7, 11) is 0. The van der Waals surface area contributed by atoms with Crippen LogP contribution >= 0.6 is 11.3 Å². The molecule has 0 unspecified atom stereocenters. The molecule has 5 nitrogen and oxygen atoms in total. The average molecular weight is 374 g/mol. The summed E-state index contributed by atoms with van der Waals surface area (Å²) in [4.78, 5) is 18.0. The highest BCUT2D eigenvalue weighted by molar-refractivity contribution is 7.09. The normalized spacial score (nSPS) is 15.0. The van der Waals surface area contributed by atoms with E-state index in [1.807, 2.05) is 29.3 Å². The van der Waals surface area contributed by atoms with Gasteiger partial charge in [0.25, 0.3) is 0 Å². The molecular formula is C20H27N3O2S. The molecule has 140 valence electrons. The molecule has 2 amide bonds. The second-order valence-electron chi connectivity index (χ2n) is 6.41. The summed E-state index contributed by atoms with van der Waals surface area (Å²) in [6, 6.07) is 12.4. The number of nitrogens with one attached hydrogen (secondary N) is 1. The first kappa shape index (κ1) is 18.9. The zero-order valence-electron chi connectivity index (χ0n) is 15.3. The smallest absolute Gasteiger partial charge is 0.317 e. The van der Waals surface area contributed by atoms with Crippen LogP contribution in [0.15, 0.2) is 41.8 Å². The van der Waals surface area contributed by atoms with Gasteiger partial charge in [-0.2, -0.15) is 0 Å². The van der Waals surface area contributed by atoms with Crippen LogP contribution in [0.2, 0.25) is 0 Å². The Morgan fingerprint density at radius 2 is 1.96 bits per heavy atom. The van der Waals surface area contributed by atoms with Crippen LogP contribution in [0.5, 0.6) is 0 Å². The molecule has 1 aromatic carbocycles. The van der Waals surface area contributed by atoms with Gasteiger partial charge in [-0.05, 0) is 29.5 Å². The fourth-order valence-corrected chi connectivity index (χ4v) is 3.80. The molecule has 1 saturated heterocycles. The molecule has 1 aliphatic rings. The van der Waals surface area contributed by atoms with E-state index in [-0.39, 0.29) is 6.03 Å². The van der Waals surface area contributed by atoms with E-state index < -0.39 is 0 Å². The molecule has 0 radical (unpaired) electrons. The molecule has 1 aliphatic heterocycles. The van der Waals surface area contributed by atoms with Gasteiger partial charge in [-0.25, -0.2) is 4.79 Å². The van der Waals surface area contributed by atoms with E-state index in [4.69, 9.17) is 4.74 Å². The molecule has 1 fully saturated rings. The van der Waals surface area contributed by atoms with Gasteiger partial charge >= 0.3 is 6.03 Å². The van der Waals surface area contributed by atoms with Crippen LogP contribution in [0.1, 0.15) is 22.9 Å². The quantitative estimate of drug-likeness (QED) is 0.810. The molecule has 1 aromatic heterocycles. The summed E-state index contributed by atoms with van der Waals surface area (Å²) < 4.78 is 5.42. The van der Waals surface area contributed by atoms with Crippen molar-refractivity contribution in [2.75, 3.05) is 32.8 Å². The highest BCUT2D eigenvalue weighted by Crippen LogP contribution is 2.14. The van der Waals surface area contributed by atoms with E-state index in [9.17, 15) is 4.79 Å². The van der Waals surface area contributed by atoms with Crippen LogP contribution in [-0.2, 0) is 24.4 Å². The zero-order chi connectivity index (χ0) is 18.2. The molecule has 0 spiro atoms. The third kappa shape index (κ3) is 5.30.